The van der Waals surface area contributed by atoms with Crippen LogP contribution in [0.2, 0.25) is 0 Å². The minimum Gasteiger partial charge on any atom is -0.381 e. The standard InChI is InChI=1S/C35H44N6O/c1-6-32(28(4)33-23-31(39-40-33)20-19-29-15-13-14-26(2)22-29)38-27(3)25-41(35(42)24-36)34-18-11-10-17-30(34)16-9-7-8-12-21-37-5/h7-15,17-18,21-22,32,38H,3-4,6,16,19-20,23-25,36H2,1-2,5H3/b9-7+,12-8-,37-21?. The molecule has 1 atom stereocenters. The second-order valence-electron chi connectivity index (χ2n) is 10.3. The number of aliphatic imine (C=N–C) groups is 1. The Morgan fingerprint density at radius 1 is 1.12 bits per heavy atom. The normalized spacial score (nSPS) is 13.9. The number of para-hydroxylation sites is 1. The zero-order valence-corrected chi connectivity index (χ0v) is 25.2. The summed E-state index contributed by atoms with van der Waals surface area (Å²) in [6, 6.07) is 16.4. The molecular formula is C35H44N6O. The highest BCUT2D eigenvalue weighted by molar-refractivity contribution is 6.15. The summed E-state index contributed by atoms with van der Waals surface area (Å²) in [6.45, 7) is 13.0. The maximum Gasteiger partial charge on any atom is 0.241 e. The largest absolute Gasteiger partial charge is 0.381 e. The van der Waals surface area contributed by atoms with E-state index < -0.39 is 0 Å². The molecule has 2 aromatic carbocycles. The third kappa shape index (κ3) is 9.63. The van der Waals surface area contributed by atoms with Crippen LogP contribution in [0, 0.1) is 6.92 Å². The number of allylic oxidation sites excluding steroid dienone is 4. The Bertz CT molecular complexity index is 1400. The lowest BCUT2D eigenvalue weighted by Crippen LogP contribution is -2.42. The van der Waals surface area contributed by atoms with E-state index in [1.165, 1.54) is 11.1 Å². The second kappa shape index (κ2) is 16.8. The molecule has 0 saturated carbocycles. The van der Waals surface area contributed by atoms with E-state index >= 15 is 0 Å². The van der Waals surface area contributed by atoms with Gasteiger partial charge in [-0.3, -0.25) is 9.79 Å². The minimum atomic E-state index is -0.174. The topological polar surface area (TPSA) is 95.4 Å². The Balaban J connectivity index is 1.61. The quantitative estimate of drug-likeness (QED) is 0.196. The number of nitrogens with one attached hydrogen (secondary N) is 1. The summed E-state index contributed by atoms with van der Waals surface area (Å²) >= 11 is 0. The number of aryl methyl sites for hydroxylation is 2. The molecule has 1 heterocycles. The fraction of sp³-hybridized carbons (Fsp3) is 0.314. The Kier molecular flexibility index (Phi) is 12.9. The van der Waals surface area contributed by atoms with Gasteiger partial charge in [0.05, 0.1) is 24.8 Å². The molecule has 1 amide bonds. The van der Waals surface area contributed by atoms with Crippen molar-refractivity contribution in [3.63, 3.8) is 0 Å². The van der Waals surface area contributed by atoms with E-state index in [4.69, 9.17) is 5.73 Å². The van der Waals surface area contributed by atoms with Crippen molar-refractivity contribution >= 4 is 29.2 Å². The van der Waals surface area contributed by atoms with Crippen molar-refractivity contribution in [3.05, 3.63) is 114 Å². The Hall–Kier alpha value is -4.36. The van der Waals surface area contributed by atoms with E-state index in [1.54, 1.807) is 18.2 Å². The molecule has 1 aliphatic heterocycles. The van der Waals surface area contributed by atoms with Crippen LogP contribution in [-0.2, 0) is 17.6 Å². The monoisotopic (exact) mass is 564 g/mol. The number of carbonyl (C=O) groups excluding carboxylic acids is 1. The fourth-order valence-corrected chi connectivity index (χ4v) is 4.83. The van der Waals surface area contributed by atoms with Crippen LogP contribution in [0.3, 0.4) is 0 Å². The molecule has 0 aliphatic carbocycles. The zero-order valence-electron chi connectivity index (χ0n) is 25.2. The SMILES string of the molecule is C=C(CN(C(=O)CN)c1ccccc1C/C=C/C=C\C=NC)NC(CC)C(=C)C1=NN=C(CCc2cccc(C)c2)C1. The van der Waals surface area contributed by atoms with Gasteiger partial charge in [-0.25, -0.2) is 0 Å². The smallest absolute Gasteiger partial charge is 0.241 e. The van der Waals surface area contributed by atoms with E-state index in [0.29, 0.717) is 18.5 Å². The van der Waals surface area contributed by atoms with Crippen LogP contribution in [0.4, 0.5) is 5.69 Å². The number of nitrogens with zero attached hydrogens (tertiary/aromatic N) is 4. The van der Waals surface area contributed by atoms with Gasteiger partial charge in [0, 0.05) is 36.8 Å². The molecule has 42 heavy (non-hydrogen) atoms. The molecule has 0 spiro atoms. The van der Waals surface area contributed by atoms with Crippen LogP contribution >= 0.6 is 0 Å². The first-order chi connectivity index (χ1) is 20.4. The average Bonchev–Trinajstić information content (AvgIpc) is 3.48. The van der Waals surface area contributed by atoms with Gasteiger partial charge in [-0.1, -0.05) is 86.3 Å². The Morgan fingerprint density at radius 2 is 1.93 bits per heavy atom. The summed E-state index contributed by atoms with van der Waals surface area (Å²) < 4.78 is 0. The second-order valence-corrected chi connectivity index (χ2v) is 10.3. The van der Waals surface area contributed by atoms with Crippen LogP contribution in [0.5, 0.6) is 0 Å². The number of hydrogen-bond acceptors (Lipinski definition) is 6. The highest BCUT2D eigenvalue weighted by Gasteiger charge is 2.23. The van der Waals surface area contributed by atoms with Crippen LogP contribution in [-0.4, -0.2) is 49.7 Å². The molecule has 2 aromatic rings. The van der Waals surface area contributed by atoms with Gasteiger partial charge in [0.2, 0.25) is 5.91 Å². The number of anilines is 1. The maximum atomic E-state index is 13.0. The predicted octanol–water partition coefficient (Wildman–Crippen LogP) is 5.91. The van der Waals surface area contributed by atoms with E-state index in [1.807, 2.05) is 48.6 Å². The number of rotatable bonds is 16. The van der Waals surface area contributed by atoms with E-state index in [2.05, 4.69) is 71.8 Å². The maximum absolute atomic E-state index is 13.0. The highest BCUT2D eigenvalue weighted by Crippen LogP contribution is 2.23. The molecule has 0 saturated heterocycles. The first-order valence-corrected chi connectivity index (χ1v) is 14.5. The van der Waals surface area contributed by atoms with Gasteiger partial charge in [0.1, 0.15) is 0 Å². The van der Waals surface area contributed by atoms with Gasteiger partial charge in [-0.05, 0) is 61.4 Å². The molecule has 220 valence electrons. The highest BCUT2D eigenvalue weighted by atomic mass is 16.2. The first kappa shape index (κ1) is 32.2. The predicted molar refractivity (Wildman–Crippen MR) is 179 cm³/mol. The molecule has 0 bridgehead atoms. The van der Waals surface area contributed by atoms with Crippen molar-refractivity contribution < 1.29 is 4.79 Å². The summed E-state index contributed by atoms with van der Waals surface area (Å²) in [6.07, 6.45) is 13.5. The zero-order chi connectivity index (χ0) is 30.3. The van der Waals surface area contributed by atoms with E-state index in [-0.39, 0.29) is 25.0 Å². The minimum absolute atomic E-state index is 0.0750. The van der Waals surface area contributed by atoms with Crippen molar-refractivity contribution in [1.82, 2.24) is 5.32 Å². The van der Waals surface area contributed by atoms with Gasteiger partial charge >= 0.3 is 0 Å². The molecule has 0 aromatic heterocycles. The Labute approximate surface area is 251 Å². The third-order valence-corrected chi connectivity index (χ3v) is 7.08. The summed E-state index contributed by atoms with van der Waals surface area (Å²) in [5, 5.41) is 12.4. The molecule has 3 N–H and O–H groups in total. The van der Waals surface area contributed by atoms with Gasteiger partial charge in [0.15, 0.2) is 0 Å². The van der Waals surface area contributed by atoms with Crippen molar-refractivity contribution in [3.8, 4) is 0 Å². The number of hydrogen-bond donors (Lipinski definition) is 2. The summed E-state index contributed by atoms with van der Waals surface area (Å²) in [7, 11) is 1.73. The average molecular weight is 565 g/mol. The van der Waals surface area contributed by atoms with E-state index in [0.717, 1.165) is 47.5 Å². The third-order valence-electron chi connectivity index (χ3n) is 7.08. The van der Waals surface area contributed by atoms with Gasteiger partial charge < -0.3 is 16.0 Å². The lowest BCUT2D eigenvalue weighted by molar-refractivity contribution is -0.117. The summed E-state index contributed by atoms with van der Waals surface area (Å²) in [5.74, 6) is -0.174. The number of carbonyl (C=O) groups is 1. The lowest BCUT2D eigenvalue weighted by atomic mass is 9.96. The number of amides is 1. The van der Waals surface area contributed by atoms with Crippen LogP contribution in [0.1, 0.15) is 42.9 Å². The molecule has 3 rings (SSSR count). The molecule has 1 aliphatic rings. The molecule has 0 fully saturated rings. The molecule has 1 unspecified atom stereocenters. The molecule has 7 nitrogen and oxygen atoms in total. The number of benzene rings is 2. The molecular weight excluding hydrogens is 520 g/mol. The summed E-state index contributed by atoms with van der Waals surface area (Å²) in [4.78, 5) is 18.6. The van der Waals surface area contributed by atoms with Gasteiger partial charge in [-0.15, -0.1) is 0 Å². The van der Waals surface area contributed by atoms with Crippen LogP contribution in [0.25, 0.3) is 0 Å². The van der Waals surface area contributed by atoms with Crippen molar-refractivity contribution in [2.24, 2.45) is 20.9 Å². The lowest BCUT2D eigenvalue weighted by Gasteiger charge is -2.28. The first-order valence-electron chi connectivity index (χ1n) is 14.5. The molecule has 0 radical (unpaired) electrons. The van der Waals surface area contributed by atoms with Crippen LogP contribution in [0.15, 0.2) is 112 Å². The van der Waals surface area contributed by atoms with Gasteiger partial charge in [0.25, 0.3) is 0 Å². The van der Waals surface area contributed by atoms with Gasteiger partial charge in [-0.2, -0.15) is 10.2 Å². The summed E-state index contributed by atoms with van der Waals surface area (Å²) in [5.41, 5.74) is 13.8. The van der Waals surface area contributed by atoms with Crippen molar-refractivity contribution in [2.75, 3.05) is 25.0 Å². The number of nitrogens with two attached hydrogens (primary N) is 1. The Morgan fingerprint density at radius 3 is 2.67 bits per heavy atom. The molecule has 7 heteroatoms. The fourth-order valence-electron chi connectivity index (χ4n) is 4.83. The van der Waals surface area contributed by atoms with Crippen molar-refractivity contribution in [1.29, 1.82) is 0 Å². The van der Waals surface area contributed by atoms with E-state index in [9.17, 15) is 4.79 Å². The van der Waals surface area contributed by atoms with Crippen LogP contribution < -0.4 is 16.0 Å². The van der Waals surface area contributed by atoms with Crippen molar-refractivity contribution in [2.45, 2.75) is 52.0 Å².